The minimum absolute atomic E-state index is 0.172. The molecular formula is C10H8F4N2S. The van der Waals surface area contributed by atoms with E-state index in [1.807, 2.05) is 0 Å². The molecule has 0 fully saturated rings. The topological polar surface area (TPSA) is 24.4 Å². The molecule has 1 N–H and O–H groups in total. The van der Waals surface area contributed by atoms with Crippen molar-refractivity contribution in [3.63, 3.8) is 0 Å². The molecule has 17 heavy (non-hydrogen) atoms. The largest absolute Gasteiger partial charge is 0.330 e. The third-order valence-corrected chi connectivity index (χ3v) is 3.14. The number of aliphatic imine (C=N–C) groups is 1. The van der Waals surface area contributed by atoms with E-state index in [1.54, 1.807) is 0 Å². The molecule has 0 amide bonds. The van der Waals surface area contributed by atoms with Crippen LogP contribution in [0.2, 0.25) is 0 Å². The van der Waals surface area contributed by atoms with Gasteiger partial charge in [-0.05, 0) is 6.42 Å². The van der Waals surface area contributed by atoms with Gasteiger partial charge in [-0.1, -0.05) is 11.8 Å². The molecule has 1 aliphatic heterocycles. The maximum atomic E-state index is 13.3. The summed E-state index contributed by atoms with van der Waals surface area (Å²) < 4.78 is 52.4. The van der Waals surface area contributed by atoms with Gasteiger partial charge < -0.3 is 5.32 Å². The zero-order valence-corrected chi connectivity index (χ0v) is 9.38. The highest BCUT2D eigenvalue weighted by Gasteiger charge is 2.20. The molecule has 0 radical (unpaired) electrons. The minimum Gasteiger partial charge on any atom is -0.330 e. The minimum atomic E-state index is -1.45. The highest BCUT2D eigenvalue weighted by molar-refractivity contribution is 8.14. The SMILES string of the molecule is Fc1cc(F)c(F)c(NC2=NCCCS2)c1F. The molecule has 0 spiro atoms. The Hall–Kier alpha value is -1.24. The lowest BCUT2D eigenvalue weighted by atomic mass is 10.2. The number of nitrogens with one attached hydrogen (secondary N) is 1. The number of amidine groups is 1. The van der Waals surface area contributed by atoms with E-state index in [0.29, 0.717) is 6.54 Å². The van der Waals surface area contributed by atoms with Crippen LogP contribution in [0.15, 0.2) is 11.1 Å². The van der Waals surface area contributed by atoms with Crippen molar-refractivity contribution in [1.29, 1.82) is 0 Å². The van der Waals surface area contributed by atoms with Crippen molar-refractivity contribution in [2.75, 3.05) is 17.6 Å². The first-order valence-electron chi connectivity index (χ1n) is 4.87. The summed E-state index contributed by atoms with van der Waals surface area (Å²) >= 11 is 1.25. The van der Waals surface area contributed by atoms with Crippen LogP contribution in [-0.2, 0) is 0 Å². The average molecular weight is 264 g/mol. The second-order valence-electron chi connectivity index (χ2n) is 3.36. The number of hydrogen-bond acceptors (Lipinski definition) is 3. The molecule has 0 bridgehead atoms. The number of rotatable bonds is 1. The van der Waals surface area contributed by atoms with Crippen molar-refractivity contribution in [1.82, 2.24) is 0 Å². The van der Waals surface area contributed by atoms with Crippen LogP contribution in [0.25, 0.3) is 0 Å². The van der Waals surface area contributed by atoms with Gasteiger partial charge in [-0.2, -0.15) is 0 Å². The maximum absolute atomic E-state index is 13.3. The van der Waals surface area contributed by atoms with E-state index >= 15 is 0 Å². The van der Waals surface area contributed by atoms with E-state index in [1.165, 1.54) is 11.8 Å². The first-order chi connectivity index (χ1) is 8.09. The fourth-order valence-corrected chi connectivity index (χ4v) is 2.15. The summed E-state index contributed by atoms with van der Waals surface area (Å²) in [7, 11) is 0. The molecule has 0 saturated carbocycles. The van der Waals surface area contributed by atoms with E-state index in [0.717, 1.165) is 12.2 Å². The van der Waals surface area contributed by atoms with Gasteiger partial charge in [-0.15, -0.1) is 0 Å². The van der Waals surface area contributed by atoms with Gasteiger partial charge in [0.2, 0.25) is 0 Å². The Morgan fingerprint density at radius 2 is 1.76 bits per heavy atom. The third kappa shape index (κ3) is 2.54. The molecule has 1 aliphatic rings. The lowest BCUT2D eigenvalue weighted by molar-refractivity contribution is 0.459. The fourth-order valence-electron chi connectivity index (χ4n) is 1.33. The third-order valence-electron chi connectivity index (χ3n) is 2.14. The lowest BCUT2D eigenvalue weighted by Crippen LogP contribution is -2.16. The standard InChI is InChI=1S/C10H8F4N2S/c11-5-4-6(12)8(14)9(7(5)13)16-10-15-2-1-3-17-10/h4H,1-3H2,(H,15,16). The Balaban J connectivity index is 2.34. The molecule has 0 aliphatic carbocycles. The van der Waals surface area contributed by atoms with Crippen LogP contribution >= 0.6 is 11.8 Å². The van der Waals surface area contributed by atoms with Crippen molar-refractivity contribution in [3.8, 4) is 0 Å². The van der Waals surface area contributed by atoms with Crippen molar-refractivity contribution >= 4 is 22.6 Å². The molecule has 1 aromatic carbocycles. The number of halogens is 4. The summed E-state index contributed by atoms with van der Waals surface area (Å²) in [6, 6.07) is 0.172. The molecule has 0 saturated heterocycles. The van der Waals surface area contributed by atoms with Crippen LogP contribution in [0.4, 0.5) is 23.2 Å². The van der Waals surface area contributed by atoms with Gasteiger partial charge in [-0.3, -0.25) is 4.99 Å². The Morgan fingerprint density at radius 3 is 2.29 bits per heavy atom. The van der Waals surface area contributed by atoms with Gasteiger partial charge in [-0.25, -0.2) is 17.6 Å². The summed E-state index contributed by atoms with van der Waals surface area (Å²) in [5.41, 5.74) is -0.837. The van der Waals surface area contributed by atoms with Crippen LogP contribution < -0.4 is 5.32 Å². The molecule has 92 valence electrons. The molecule has 1 aromatic rings. The zero-order chi connectivity index (χ0) is 12.4. The Labute approximate surface area is 99.1 Å². The van der Waals surface area contributed by atoms with Gasteiger partial charge >= 0.3 is 0 Å². The Kier molecular flexibility index (Phi) is 3.56. The number of anilines is 1. The first kappa shape index (κ1) is 12.2. The molecule has 1 heterocycles. The van der Waals surface area contributed by atoms with Gasteiger partial charge in [0.05, 0.1) is 0 Å². The summed E-state index contributed by atoms with van der Waals surface area (Å²) in [6.07, 6.45) is 0.859. The quantitative estimate of drug-likeness (QED) is 0.622. The highest BCUT2D eigenvalue weighted by Crippen LogP contribution is 2.26. The predicted octanol–water partition coefficient (Wildman–Crippen LogP) is 3.15. The second kappa shape index (κ2) is 4.95. The van der Waals surface area contributed by atoms with Gasteiger partial charge in [0.1, 0.15) is 5.69 Å². The second-order valence-corrected chi connectivity index (χ2v) is 4.44. The monoisotopic (exact) mass is 264 g/mol. The van der Waals surface area contributed by atoms with Crippen LogP contribution in [0.3, 0.4) is 0 Å². The van der Waals surface area contributed by atoms with Crippen LogP contribution in [0, 0.1) is 23.3 Å². The Morgan fingerprint density at radius 1 is 1.12 bits per heavy atom. The number of benzene rings is 1. The van der Waals surface area contributed by atoms with E-state index in [4.69, 9.17) is 0 Å². The van der Waals surface area contributed by atoms with E-state index < -0.39 is 29.0 Å². The van der Waals surface area contributed by atoms with Gasteiger partial charge in [0.25, 0.3) is 0 Å². The van der Waals surface area contributed by atoms with Gasteiger partial charge in [0, 0.05) is 18.4 Å². The van der Waals surface area contributed by atoms with Crippen LogP contribution in [0.5, 0.6) is 0 Å². The molecule has 2 nitrogen and oxygen atoms in total. The van der Waals surface area contributed by atoms with E-state index in [-0.39, 0.29) is 11.2 Å². The predicted molar refractivity (Wildman–Crippen MR) is 59.3 cm³/mol. The van der Waals surface area contributed by atoms with Crippen molar-refractivity contribution in [2.45, 2.75) is 6.42 Å². The number of nitrogens with zero attached hydrogens (tertiary/aromatic N) is 1. The lowest BCUT2D eigenvalue weighted by Gasteiger charge is -2.14. The van der Waals surface area contributed by atoms with Crippen LogP contribution in [0.1, 0.15) is 6.42 Å². The molecule has 2 rings (SSSR count). The molecule has 0 unspecified atom stereocenters. The smallest absolute Gasteiger partial charge is 0.185 e. The van der Waals surface area contributed by atoms with Crippen molar-refractivity contribution in [3.05, 3.63) is 29.3 Å². The van der Waals surface area contributed by atoms with Gasteiger partial charge in [0.15, 0.2) is 28.4 Å². The zero-order valence-electron chi connectivity index (χ0n) is 8.57. The molecular weight excluding hydrogens is 256 g/mol. The first-order valence-corrected chi connectivity index (χ1v) is 5.85. The normalized spacial score (nSPS) is 15.6. The summed E-state index contributed by atoms with van der Waals surface area (Å²) in [6.45, 7) is 0.524. The molecule has 7 heteroatoms. The average Bonchev–Trinajstić information content (AvgIpc) is 2.33. The van der Waals surface area contributed by atoms with Crippen molar-refractivity contribution < 1.29 is 17.6 Å². The summed E-state index contributed by atoms with van der Waals surface area (Å²) in [5.74, 6) is -5.02. The maximum Gasteiger partial charge on any atom is 0.185 e. The fraction of sp³-hybridized carbons (Fsp3) is 0.300. The summed E-state index contributed by atoms with van der Waals surface area (Å²) in [5, 5.41) is 2.55. The van der Waals surface area contributed by atoms with E-state index in [9.17, 15) is 17.6 Å². The highest BCUT2D eigenvalue weighted by atomic mass is 32.2. The van der Waals surface area contributed by atoms with Crippen molar-refractivity contribution in [2.24, 2.45) is 4.99 Å². The van der Waals surface area contributed by atoms with Crippen LogP contribution in [-0.4, -0.2) is 17.5 Å². The van der Waals surface area contributed by atoms with E-state index in [2.05, 4.69) is 10.3 Å². The number of hydrogen-bond donors (Lipinski definition) is 1. The summed E-state index contributed by atoms with van der Waals surface area (Å²) in [4.78, 5) is 3.96. The molecule has 0 atom stereocenters. The molecule has 0 aromatic heterocycles. The number of thioether (sulfide) groups is 1. The Bertz CT molecular complexity index is 450.